The fourth-order valence-corrected chi connectivity index (χ4v) is 2.45. The molecule has 2 rings (SSSR count). The van der Waals surface area contributed by atoms with E-state index in [2.05, 4.69) is 10.1 Å². The molecule has 0 aliphatic carbocycles. The summed E-state index contributed by atoms with van der Waals surface area (Å²) in [5.41, 5.74) is 0.0887. The molecule has 1 aromatic carbocycles. The van der Waals surface area contributed by atoms with Crippen molar-refractivity contribution in [2.75, 3.05) is 18.4 Å². The Morgan fingerprint density at radius 3 is 2.83 bits per heavy atom. The van der Waals surface area contributed by atoms with Gasteiger partial charge >= 0.3 is 18.6 Å². The summed E-state index contributed by atoms with van der Waals surface area (Å²) >= 11 is 0. The number of rotatable bonds is 4. The molecule has 1 atom stereocenters. The Morgan fingerprint density at radius 1 is 1.46 bits per heavy atom. The number of ether oxygens (including phenoxy) is 1. The smallest absolute Gasteiger partial charge is 0.387 e. The van der Waals surface area contributed by atoms with Crippen molar-refractivity contribution in [3.8, 4) is 11.8 Å². The minimum Gasteiger partial charge on any atom is -0.481 e. The Kier molecular flexibility index (Phi) is 5.52. The van der Waals surface area contributed by atoms with E-state index < -0.39 is 24.5 Å². The topological polar surface area (TPSA) is 103 Å². The molecule has 9 heteroatoms. The lowest BCUT2D eigenvalue weighted by Crippen LogP contribution is -2.44. The average Bonchev–Trinajstić information content (AvgIpc) is 2.56. The van der Waals surface area contributed by atoms with E-state index in [1.807, 2.05) is 6.07 Å². The Labute approximate surface area is 136 Å². The molecular formula is C15H15F2N3O4. The van der Waals surface area contributed by atoms with Crippen molar-refractivity contribution in [2.24, 2.45) is 5.92 Å². The Balaban J connectivity index is 2.15. The Morgan fingerprint density at radius 2 is 2.21 bits per heavy atom. The molecule has 0 saturated carbocycles. The second kappa shape index (κ2) is 7.59. The lowest BCUT2D eigenvalue weighted by molar-refractivity contribution is -0.143. The summed E-state index contributed by atoms with van der Waals surface area (Å²) in [5, 5.41) is 20.3. The van der Waals surface area contributed by atoms with E-state index in [1.165, 1.54) is 17.0 Å². The first-order valence-corrected chi connectivity index (χ1v) is 7.18. The summed E-state index contributed by atoms with van der Waals surface area (Å²) in [6.07, 6.45) is 1.01. The van der Waals surface area contributed by atoms with Crippen molar-refractivity contribution in [1.82, 2.24) is 4.90 Å². The molecule has 1 fully saturated rings. The standard InChI is InChI=1S/C15H15F2N3O4/c16-14(17)24-12-4-3-9(7-18)6-11(12)19-15(23)20-5-1-2-10(8-20)13(21)22/h3-4,6,10,14H,1-2,5,8H2,(H,19,23)(H,21,22). The number of benzene rings is 1. The lowest BCUT2D eigenvalue weighted by Gasteiger charge is -2.30. The number of nitrogens with zero attached hydrogens (tertiary/aromatic N) is 2. The van der Waals surface area contributed by atoms with Crippen LogP contribution in [0.5, 0.6) is 5.75 Å². The second-order valence-electron chi connectivity index (χ2n) is 5.25. The molecular weight excluding hydrogens is 324 g/mol. The summed E-state index contributed by atoms with van der Waals surface area (Å²) in [6, 6.07) is 4.87. The van der Waals surface area contributed by atoms with E-state index >= 15 is 0 Å². The maximum atomic E-state index is 12.4. The van der Waals surface area contributed by atoms with Gasteiger partial charge in [-0.15, -0.1) is 0 Å². The van der Waals surface area contributed by atoms with E-state index in [4.69, 9.17) is 10.4 Å². The number of piperidine rings is 1. The normalized spacial score (nSPS) is 17.2. The van der Waals surface area contributed by atoms with E-state index in [0.717, 1.165) is 6.07 Å². The van der Waals surface area contributed by atoms with Crippen LogP contribution in [0.25, 0.3) is 0 Å². The van der Waals surface area contributed by atoms with Crippen LogP contribution in [-0.4, -0.2) is 41.7 Å². The average molecular weight is 339 g/mol. The predicted molar refractivity (Wildman–Crippen MR) is 78.7 cm³/mol. The number of hydrogen-bond donors (Lipinski definition) is 2. The largest absolute Gasteiger partial charge is 0.481 e. The molecule has 0 radical (unpaired) electrons. The van der Waals surface area contributed by atoms with Gasteiger partial charge < -0.3 is 20.1 Å². The van der Waals surface area contributed by atoms with Crippen LogP contribution in [0.4, 0.5) is 19.3 Å². The predicted octanol–water partition coefficient (Wildman–Crippen LogP) is 2.49. The highest BCUT2D eigenvalue weighted by molar-refractivity contribution is 5.91. The first kappa shape index (κ1) is 17.5. The molecule has 1 aromatic rings. The van der Waals surface area contributed by atoms with Gasteiger partial charge in [0.25, 0.3) is 0 Å². The zero-order valence-corrected chi connectivity index (χ0v) is 12.5. The first-order chi connectivity index (χ1) is 11.4. The number of carboxylic acids is 1. The molecule has 1 aliphatic rings. The number of alkyl halides is 2. The number of carbonyl (C=O) groups is 2. The molecule has 0 spiro atoms. The van der Waals surface area contributed by atoms with Gasteiger partial charge in [-0.3, -0.25) is 4.79 Å². The van der Waals surface area contributed by atoms with Crippen molar-refractivity contribution in [1.29, 1.82) is 5.26 Å². The van der Waals surface area contributed by atoms with Gasteiger partial charge in [0.05, 0.1) is 23.2 Å². The molecule has 24 heavy (non-hydrogen) atoms. The van der Waals surface area contributed by atoms with Gasteiger partial charge in [0.1, 0.15) is 5.75 Å². The zero-order valence-electron chi connectivity index (χ0n) is 12.5. The Bertz CT molecular complexity index is 675. The van der Waals surface area contributed by atoms with Crippen molar-refractivity contribution in [3.63, 3.8) is 0 Å². The van der Waals surface area contributed by atoms with Crippen LogP contribution in [0.2, 0.25) is 0 Å². The highest BCUT2D eigenvalue weighted by Gasteiger charge is 2.28. The van der Waals surface area contributed by atoms with Crippen LogP contribution < -0.4 is 10.1 Å². The third kappa shape index (κ3) is 4.32. The lowest BCUT2D eigenvalue weighted by atomic mass is 9.99. The molecule has 1 aliphatic heterocycles. The fraction of sp³-hybridized carbons (Fsp3) is 0.400. The number of aliphatic carboxylic acids is 1. The second-order valence-corrected chi connectivity index (χ2v) is 5.25. The summed E-state index contributed by atoms with van der Waals surface area (Å²) in [4.78, 5) is 24.6. The third-order valence-electron chi connectivity index (χ3n) is 3.62. The highest BCUT2D eigenvalue weighted by Crippen LogP contribution is 2.28. The maximum absolute atomic E-state index is 12.4. The number of nitrogens with one attached hydrogen (secondary N) is 1. The number of anilines is 1. The van der Waals surface area contributed by atoms with Crippen LogP contribution >= 0.6 is 0 Å². The number of amides is 2. The molecule has 2 N–H and O–H groups in total. The van der Waals surface area contributed by atoms with Gasteiger partial charge in [0.2, 0.25) is 0 Å². The molecule has 128 valence electrons. The van der Waals surface area contributed by atoms with E-state index in [1.54, 1.807) is 0 Å². The van der Waals surface area contributed by atoms with Gasteiger partial charge in [0.15, 0.2) is 0 Å². The Hall–Kier alpha value is -2.89. The monoisotopic (exact) mass is 339 g/mol. The number of carbonyl (C=O) groups excluding carboxylic acids is 1. The first-order valence-electron chi connectivity index (χ1n) is 7.18. The van der Waals surface area contributed by atoms with Gasteiger partial charge in [-0.25, -0.2) is 4.79 Å². The highest BCUT2D eigenvalue weighted by atomic mass is 19.3. The van der Waals surface area contributed by atoms with E-state index in [0.29, 0.717) is 19.4 Å². The van der Waals surface area contributed by atoms with Gasteiger partial charge in [-0.1, -0.05) is 0 Å². The van der Waals surface area contributed by atoms with Crippen molar-refractivity contribution in [2.45, 2.75) is 19.5 Å². The summed E-state index contributed by atoms with van der Waals surface area (Å²) in [6.45, 7) is -2.69. The summed E-state index contributed by atoms with van der Waals surface area (Å²) in [7, 11) is 0. The minimum atomic E-state index is -3.08. The van der Waals surface area contributed by atoms with Gasteiger partial charge in [-0.2, -0.15) is 14.0 Å². The third-order valence-corrected chi connectivity index (χ3v) is 3.62. The molecule has 0 bridgehead atoms. The SMILES string of the molecule is N#Cc1ccc(OC(F)F)c(NC(=O)N2CCCC(C(=O)O)C2)c1. The number of urea groups is 1. The fourth-order valence-electron chi connectivity index (χ4n) is 2.45. The molecule has 1 heterocycles. The van der Waals surface area contributed by atoms with Crippen LogP contribution in [0.1, 0.15) is 18.4 Å². The number of likely N-dealkylation sites (tertiary alicyclic amines) is 1. The van der Waals surface area contributed by atoms with Crippen LogP contribution in [0, 0.1) is 17.2 Å². The van der Waals surface area contributed by atoms with E-state index in [-0.39, 0.29) is 23.5 Å². The zero-order chi connectivity index (χ0) is 17.7. The quantitative estimate of drug-likeness (QED) is 0.877. The summed E-state index contributed by atoms with van der Waals surface area (Å²) in [5.74, 6) is -1.92. The van der Waals surface area contributed by atoms with Crippen molar-refractivity contribution >= 4 is 17.7 Å². The molecule has 1 unspecified atom stereocenters. The van der Waals surface area contributed by atoms with Crippen LogP contribution in [0.3, 0.4) is 0 Å². The number of hydrogen-bond acceptors (Lipinski definition) is 4. The molecule has 7 nitrogen and oxygen atoms in total. The minimum absolute atomic E-state index is 0.0319. The van der Waals surface area contributed by atoms with Gasteiger partial charge in [-0.05, 0) is 31.0 Å². The molecule has 2 amide bonds. The molecule has 0 aromatic heterocycles. The van der Waals surface area contributed by atoms with Crippen LogP contribution in [0.15, 0.2) is 18.2 Å². The van der Waals surface area contributed by atoms with Gasteiger partial charge in [0, 0.05) is 13.1 Å². The summed E-state index contributed by atoms with van der Waals surface area (Å²) < 4.78 is 29.2. The van der Waals surface area contributed by atoms with E-state index in [9.17, 15) is 18.4 Å². The van der Waals surface area contributed by atoms with Crippen molar-refractivity contribution < 1.29 is 28.2 Å². The maximum Gasteiger partial charge on any atom is 0.387 e. The number of carboxylic acid groups (broad SMARTS) is 1. The van der Waals surface area contributed by atoms with Crippen molar-refractivity contribution in [3.05, 3.63) is 23.8 Å². The number of halogens is 2. The molecule has 1 saturated heterocycles. The number of nitriles is 1. The van der Waals surface area contributed by atoms with Crippen LogP contribution in [-0.2, 0) is 4.79 Å².